The average molecular weight is 245 g/mol. The van der Waals surface area contributed by atoms with Crippen molar-refractivity contribution in [1.82, 2.24) is 4.98 Å². The lowest BCUT2D eigenvalue weighted by molar-refractivity contribution is 0.605. The molecule has 0 spiro atoms. The molecule has 1 aliphatic rings. The highest BCUT2D eigenvalue weighted by molar-refractivity contribution is 7.94. The lowest BCUT2D eigenvalue weighted by Gasteiger charge is -2.11. The van der Waals surface area contributed by atoms with Crippen molar-refractivity contribution in [3.63, 3.8) is 0 Å². The predicted octanol–water partition coefficient (Wildman–Crippen LogP) is 1.46. The second-order valence-electron chi connectivity index (χ2n) is 3.24. The Morgan fingerprint density at radius 1 is 1.53 bits per heavy atom. The highest BCUT2D eigenvalue weighted by Crippen LogP contribution is 2.20. The van der Waals surface area contributed by atoms with Crippen LogP contribution >= 0.6 is 11.6 Å². The molecule has 1 aromatic heterocycles. The number of aromatic nitrogens is 1. The zero-order chi connectivity index (χ0) is 10.9. The minimum atomic E-state index is -3.04. The van der Waals surface area contributed by atoms with Crippen LogP contribution in [-0.4, -0.2) is 25.2 Å². The summed E-state index contributed by atoms with van der Waals surface area (Å²) in [5.41, 5.74) is 0. The molecular weight excluding hydrogens is 236 g/mol. The second-order valence-corrected chi connectivity index (χ2v) is 5.58. The van der Waals surface area contributed by atoms with Crippen molar-refractivity contribution >= 4 is 27.3 Å². The minimum absolute atomic E-state index is 0.0555. The maximum absolute atomic E-state index is 11.1. The van der Waals surface area contributed by atoms with Crippen LogP contribution in [0.2, 0.25) is 5.02 Å². The Bertz CT molecular complexity index is 499. The molecule has 4 nitrogen and oxygen atoms in total. The fourth-order valence-corrected chi connectivity index (χ4v) is 2.74. The van der Waals surface area contributed by atoms with Gasteiger partial charge in [-0.15, -0.1) is 0 Å². The summed E-state index contributed by atoms with van der Waals surface area (Å²) in [4.78, 5) is 4.02. The monoisotopic (exact) mass is 244 g/mol. The predicted molar refractivity (Wildman–Crippen MR) is 59.6 cm³/mol. The molecule has 1 atom stereocenters. The zero-order valence-corrected chi connectivity index (χ0v) is 9.29. The van der Waals surface area contributed by atoms with Gasteiger partial charge in [-0.2, -0.15) is 0 Å². The Kier molecular flexibility index (Phi) is 2.67. The van der Waals surface area contributed by atoms with Crippen molar-refractivity contribution in [2.24, 2.45) is 0 Å². The zero-order valence-electron chi connectivity index (χ0n) is 7.72. The van der Waals surface area contributed by atoms with E-state index in [2.05, 4.69) is 10.3 Å². The van der Waals surface area contributed by atoms with E-state index >= 15 is 0 Å². The van der Waals surface area contributed by atoms with E-state index in [1.54, 1.807) is 24.4 Å². The summed E-state index contributed by atoms with van der Waals surface area (Å²) >= 11 is 5.88. The normalized spacial score (nSPS) is 22.9. The Morgan fingerprint density at radius 2 is 2.33 bits per heavy atom. The Morgan fingerprint density at radius 3 is 2.93 bits per heavy atom. The highest BCUT2D eigenvalue weighted by atomic mass is 35.5. The van der Waals surface area contributed by atoms with Crippen LogP contribution < -0.4 is 5.32 Å². The van der Waals surface area contributed by atoms with E-state index in [1.165, 1.54) is 5.41 Å². The lowest BCUT2D eigenvalue weighted by atomic mass is 10.3. The number of anilines is 1. The van der Waals surface area contributed by atoms with Gasteiger partial charge >= 0.3 is 0 Å². The van der Waals surface area contributed by atoms with E-state index in [0.717, 1.165) is 0 Å². The third-order valence-corrected chi connectivity index (χ3v) is 3.71. The summed E-state index contributed by atoms with van der Waals surface area (Å²) in [7, 11) is -3.04. The molecule has 2 heterocycles. The number of rotatable bonds is 2. The first-order valence-electron chi connectivity index (χ1n) is 4.35. The van der Waals surface area contributed by atoms with E-state index in [-0.39, 0.29) is 11.8 Å². The first-order chi connectivity index (χ1) is 7.07. The molecular formula is C9H9ClN2O2S. The molecule has 0 fully saturated rings. The van der Waals surface area contributed by atoms with Crippen molar-refractivity contribution in [3.8, 4) is 0 Å². The summed E-state index contributed by atoms with van der Waals surface area (Å²) < 4.78 is 22.3. The summed E-state index contributed by atoms with van der Waals surface area (Å²) in [6.07, 6.45) is 3.20. The van der Waals surface area contributed by atoms with Crippen molar-refractivity contribution in [2.75, 3.05) is 11.1 Å². The average Bonchev–Trinajstić information content (AvgIpc) is 2.50. The number of nitrogens with zero attached hydrogens (tertiary/aromatic N) is 1. The van der Waals surface area contributed by atoms with E-state index < -0.39 is 9.84 Å². The van der Waals surface area contributed by atoms with Crippen LogP contribution in [0.5, 0.6) is 0 Å². The molecule has 0 saturated carbocycles. The van der Waals surface area contributed by atoms with E-state index in [4.69, 9.17) is 11.6 Å². The first kappa shape index (κ1) is 10.4. The number of hydrogen-bond donors (Lipinski definition) is 1. The summed E-state index contributed by atoms with van der Waals surface area (Å²) in [5, 5.41) is 4.65. The van der Waals surface area contributed by atoms with Gasteiger partial charge in [0.2, 0.25) is 0 Å². The number of nitrogens with one attached hydrogen (secondary N) is 1. The number of sulfone groups is 1. The van der Waals surface area contributed by atoms with E-state index in [1.807, 2.05) is 0 Å². The first-order valence-corrected chi connectivity index (χ1v) is 6.44. The number of pyridine rings is 1. The minimum Gasteiger partial charge on any atom is -0.362 e. The SMILES string of the molecule is O=S1(=O)C=CC(Nc2ncccc2Cl)C1. The van der Waals surface area contributed by atoms with Crippen LogP contribution in [-0.2, 0) is 9.84 Å². The molecule has 1 N–H and O–H groups in total. The van der Waals surface area contributed by atoms with Gasteiger partial charge in [-0.3, -0.25) is 0 Å². The topological polar surface area (TPSA) is 59.1 Å². The van der Waals surface area contributed by atoms with Gasteiger partial charge in [0.1, 0.15) is 5.82 Å². The summed E-state index contributed by atoms with van der Waals surface area (Å²) in [5.74, 6) is 0.561. The molecule has 0 amide bonds. The molecule has 0 aliphatic carbocycles. The van der Waals surface area contributed by atoms with Crippen molar-refractivity contribution in [1.29, 1.82) is 0 Å². The van der Waals surface area contributed by atoms with Gasteiger partial charge in [-0.1, -0.05) is 11.6 Å². The smallest absolute Gasteiger partial charge is 0.173 e. The fraction of sp³-hybridized carbons (Fsp3) is 0.222. The third kappa shape index (κ3) is 2.49. The van der Waals surface area contributed by atoms with Gasteiger partial charge in [0.25, 0.3) is 0 Å². The van der Waals surface area contributed by atoms with Gasteiger partial charge in [0.15, 0.2) is 9.84 Å². The van der Waals surface area contributed by atoms with Crippen molar-refractivity contribution in [3.05, 3.63) is 34.8 Å². The van der Waals surface area contributed by atoms with Crippen molar-refractivity contribution in [2.45, 2.75) is 6.04 Å². The fourth-order valence-electron chi connectivity index (χ4n) is 1.33. The van der Waals surface area contributed by atoms with E-state index in [9.17, 15) is 8.42 Å². The van der Waals surface area contributed by atoms with Gasteiger partial charge in [-0.25, -0.2) is 13.4 Å². The summed E-state index contributed by atoms with van der Waals surface area (Å²) in [6.45, 7) is 0. The number of hydrogen-bond acceptors (Lipinski definition) is 4. The molecule has 0 saturated heterocycles. The molecule has 1 unspecified atom stereocenters. The van der Waals surface area contributed by atoms with Crippen molar-refractivity contribution < 1.29 is 8.42 Å². The molecule has 80 valence electrons. The molecule has 0 aromatic carbocycles. The molecule has 0 bridgehead atoms. The van der Waals surface area contributed by atoms with Crippen LogP contribution in [0.1, 0.15) is 0 Å². The van der Waals surface area contributed by atoms with Gasteiger partial charge < -0.3 is 5.32 Å². The Hall–Kier alpha value is -1.07. The summed E-state index contributed by atoms with van der Waals surface area (Å²) in [6, 6.07) is 3.17. The van der Waals surface area contributed by atoms with Crippen LogP contribution in [0, 0.1) is 0 Å². The standard InChI is InChI=1S/C9H9ClN2O2S/c10-8-2-1-4-11-9(8)12-7-3-5-15(13,14)6-7/h1-5,7H,6H2,(H,11,12). The Balaban J connectivity index is 2.12. The van der Waals surface area contributed by atoms with Crippen LogP contribution in [0.3, 0.4) is 0 Å². The van der Waals surface area contributed by atoms with Crippen LogP contribution in [0.15, 0.2) is 29.8 Å². The second kappa shape index (κ2) is 3.83. The molecule has 0 radical (unpaired) electrons. The Labute approximate surface area is 92.9 Å². The quantitative estimate of drug-likeness (QED) is 0.856. The molecule has 2 rings (SSSR count). The largest absolute Gasteiger partial charge is 0.362 e. The lowest BCUT2D eigenvalue weighted by Crippen LogP contribution is -2.21. The maximum Gasteiger partial charge on any atom is 0.173 e. The maximum atomic E-state index is 11.1. The molecule has 6 heteroatoms. The van der Waals surface area contributed by atoms with E-state index in [0.29, 0.717) is 10.8 Å². The van der Waals surface area contributed by atoms with Crippen LogP contribution in [0.25, 0.3) is 0 Å². The van der Waals surface area contributed by atoms with Crippen LogP contribution in [0.4, 0.5) is 5.82 Å². The molecule has 15 heavy (non-hydrogen) atoms. The number of halogens is 1. The molecule has 1 aliphatic heterocycles. The van der Waals surface area contributed by atoms with Gasteiger partial charge in [0.05, 0.1) is 16.8 Å². The highest BCUT2D eigenvalue weighted by Gasteiger charge is 2.22. The van der Waals surface area contributed by atoms with Gasteiger partial charge in [-0.05, 0) is 18.2 Å². The molecule has 1 aromatic rings. The van der Waals surface area contributed by atoms with Gasteiger partial charge in [0, 0.05) is 11.6 Å². The third-order valence-electron chi connectivity index (χ3n) is 2.01.